The maximum atomic E-state index is 11.4. The van der Waals surface area contributed by atoms with Crippen LogP contribution in [0, 0.1) is 0 Å². The van der Waals surface area contributed by atoms with E-state index in [0.717, 1.165) is 12.0 Å². The van der Waals surface area contributed by atoms with E-state index in [1.807, 2.05) is 30.3 Å². The smallest absolute Gasteiger partial charge is 0.220 e. The number of hydrogen-bond donors (Lipinski definition) is 3. The lowest BCUT2D eigenvalue weighted by Gasteiger charge is -2.11. The Morgan fingerprint density at radius 1 is 1.29 bits per heavy atom. The van der Waals surface area contributed by atoms with Crippen LogP contribution < -0.4 is 16.8 Å². The van der Waals surface area contributed by atoms with Crippen molar-refractivity contribution in [2.75, 3.05) is 13.1 Å². The highest BCUT2D eigenvalue weighted by Crippen LogP contribution is 2.14. The van der Waals surface area contributed by atoms with E-state index in [-0.39, 0.29) is 11.9 Å². The number of benzene rings is 1. The van der Waals surface area contributed by atoms with Crippen molar-refractivity contribution in [1.29, 1.82) is 0 Å². The number of hydrogen-bond acceptors (Lipinski definition) is 3. The zero-order valence-corrected chi connectivity index (χ0v) is 10.1. The van der Waals surface area contributed by atoms with Gasteiger partial charge in [-0.15, -0.1) is 0 Å². The van der Waals surface area contributed by atoms with E-state index in [2.05, 4.69) is 5.32 Å². The van der Waals surface area contributed by atoms with E-state index in [9.17, 15) is 4.79 Å². The minimum Gasteiger partial charge on any atom is -0.356 e. The molecule has 0 saturated carbocycles. The first-order chi connectivity index (χ1) is 8.24. The van der Waals surface area contributed by atoms with Gasteiger partial charge in [-0.05, 0) is 24.9 Å². The SMILES string of the molecule is NCCCNC(=O)CCC(N)c1ccccc1. The third-order valence-electron chi connectivity index (χ3n) is 2.61. The van der Waals surface area contributed by atoms with Crippen molar-refractivity contribution in [2.45, 2.75) is 25.3 Å². The molecule has 1 atom stereocenters. The van der Waals surface area contributed by atoms with E-state index in [0.29, 0.717) is 25.9 Å². The number of nitrogens with one attached hydrogen (secondary N) is 1. The lowest BCUT2D eigenvalue weighted by molar-refractivity contribution is -0.121. The van der Waals surface area contributed by atoms with Crippen LogP contribution in [0.2, 0.25) is 0 Å². The fourth-order valence-electron chi connectivity index (χ4n) is 1.57. The molecular formula is C13H21N3O. The van der Waals surface area contributed by atoms with Crippen LogP contribution in [-0.4, -0.2) is 19.0 Å². The number of carbonyl (C=O) groups excluding carboxylic acids is 1. The zero-order chi connectivity index (χ0) is 12.5. The van der Waals surface area contributed by atoms with Crippen LogP contribution in [0.5, 0.6) is 0 Å². The van der Waals surface area contributed by atoms with Gasteiger partial charge in [-0.3, -0.25) is 4.79 Å². The molecule has 1 rings (SSSR count). The third kappa shape index (κ3) is 5.47. The predicted molar refractivity (Wildman–Crippen MR) is 69.3 cm³/mol. The third-order valence-corrected chi connectivity index (χ3v) is 2.61. The van der Waals surface area contributed by atoms with E-state index in [1.54, 1.807) is 0 Å². The van der Waals surface area contributed by atoms with Crippen molar-refractivity contribution < 1.29 is 4.79 Å². The Labute approximate surface area is 102 Å². The van der Waals surface area contributed by atoms with Gasteiger partial charge >= 0.3 is 0 Å². The Bertz CT molecular complexity index is 327. The van der Waals surface area contributed by atoms with Crippen molar-refractivity contribution >= 4 is 5.91 Å². The molecule has 0 fully saturated rings. The molecular weight excluding hydrogens is 214 g/mol. The Balaban J connectivity index is 2.24. The van der Waals surface area contributed by atoms with E-state index in [4.69, 9.17) is 11.5 Å². The second-order valence-electron chi connectivity index (χ2n) is 4.05. The molecule has 0 radical (unpaired) electrons. The molecule has 0 saturated heterocycles. The van der Waals surface area contributed by atoms with E-state index >= 15 is 0 Å². The summed E-state index contributed by atoms with van der Waals surface area (Å²) in [6.07, 6.45) is 1.94. The van der Waals surface area contributed by atoms with Gasteiger partial charge in [0.25, 0.3) is 0 Å². The van der Waals surface area contributed by atoms with Crippen LogP contribution in [0.1, 0.15) is 30.9 Å². The summed E-state index contributed by atoms with van der Waals surface area (Å²) in [6.45, 7) is 1.25. The minimum absolute atomic E-state index is 0.0461. The van der Waals surface area contributed by atoms with Crippen LogP contribution in [0.3, 0.4) is 0 Å². The van der Waals surface area contributed by atoms with Gasteiger partial charge in [-0.2, -0.15) is 0 Å². The van der Waals surface area contributed by atoms with E-state index < -0.39 is 0 Å². The Kier molecular flexibility index (Phi) is 6.29. The highest BCUT2D eigenvalue weighted by Gasteiger charge is 2.08. The van der Waals surface area contributed by atoms with Gasteiger partial charge in [-0.1, -0.05) is 30.3 Å². The first-order valence-corrected chi connectivity index (χ1v) is 6.01. The van der Waals surface area contributed by atoms with Crippen LogP contribution >= 0.6 is 0 Å². The summed E-state index contributed by atoms with van der Waals surface area (Å²) < 4.78 is 0. The average Bonchev–Trinajstić information content (AvgIpc) is 2.37. The summed E-state index contributed by atoms with van der Waals surface area (Å²) in [5, 5.41) is 2.82. The lowest BCUT2D eigenvalue weighted by Crippen LogP contribution is -2.26. The minimum atomic E-state index is -0.0727. The molecule has 17 heavy (non-hydrogen) atoms. The first-order valence-electron chi connectivity index (χ1n) is 6.01. The molecule has 0 aliphatic carbocycles. The van der Waals surface area contributed by atoms with Crippen molar-refractivity contribution in [2.24, 2.45) is 11.5 Å². The Morgan fingerprint density at radius 2 is 2.00 bits per heavy atom. The molecule has 0 spiro atoms. The van der Waals surface area contributed by atoms with Gasteiger partial charge in [0.15, 0.2) is 0 Å². The fourth-order valence-corrected chi connectivity index (χ4v) is 1.57. The van der Waals surface area contributed by atoms with Crippen LogP contribution in [-0.2, 0) is 4.79 Å². The molecule has 0 bridgehead atoms. The number of carbonyl (C=O) groups is 1. The number of rotatable bonds is 7. The summed E-state index contributed by atoms with van der Waals surface area (Å²) in [5.74, 6) is 0.0461. The standard InChI is InChI=1S/C13H21N3O/c14-9-4-10-16-13(17)8-7-12(15)11-5-2-1-3-6-11/h1-3,5-6,12H,4,7-10,14-15H2,(H,16,17). The van der Waals surface area contributed by atoms with Gasteiger partial charge in [0, 0.05) is 19.0 Å². The molecule has 5 N–H and O–H groups in total. The Morgan fingerprint density at radius 3 is 2.65 bits per heavy atom. The molecule has 0 heterocycles. The number of nitrogens with two attached hydrogens (primary N) is 2. The molecule has 4 heteroatoms. The summed E-state index contributed by atoms with van der Waals surface area (Å²) in [4.78, 5) is 11.4. The largest absolute Gasteiger partial charge is 0.356 e. The zero-order valence-electron chi connectivity index (χ0n) is 10.1. The molecule has 1 aromatic carbocycles. The lowest BCUT2D eigenvalue weighted by atomic mass is 10.0. The van der Waals surface area contributed by atoms with Gasteiger partial charge in [0.2, 0.25) is 5.91 Å². The van der Waals surface area contributed by atoms with Crippen molar-refractivity contribution in [3.8, 4) is 0 Å². The van der Waals surface area contributed by atoms with Crippen LogP contribution in [0.25, 0.3) is 0 Å². The van der Waals surface area contributed by atoms with Gasteiger partial charge < -0.3 is 16.8 Å². The maximum Gasteiger partial charge on any atom is 0.220 e. The predicted octanol–water partition coefficient (Wildman–Crippen LogP) is 0.932. The highest BCUT2D eigenvalue weighted by molar-refractivity contribution is 5.75. The molecule has 1 amide bonds. The van der Waals surface area contributed by atoms with Crippen LogP contribution in [0.15, 0.2) is 30.3 Å². The summed E-state index contributed by atoms with van der Waals surface area (Å²) in [5.41, 5.74) is 12.4. The van der Waals surface area contributed by atoms with Crippen molar-refractivity contribution in [3.63, 3.8) is 0 Å². The average molecular weight is 235 g/mol. The quantitative estimate of drug-likeness (QED) is 0.615. The molecule has 0 aliphatic heterocycles. The van der Waals surface area contributed by atoms with Crippen molar-refractivity contribution in [1.82, 2.24) is 5.32 Å². The van der Waals surface area contributed by atoms with E-state index in [1.165, 1.54) is 0 Å². The molecule has 0 aliphatic rings. The number of amides is 1. The Hall–Kier alpha value is -1.39. The topological polar surface area (TPSA) is 81.1 Å². The molecule has 94 valence electrons. The maximum absolute atomic E-state index is 11.4. The first kappa shape index (κ1) is 13.7. The molecule has 1 aromatic rings. The summed E-state index contributed by atoms with van der Waals surface area (Å²) >= 11 is 0. The van der Waals surface area contributed by atoms with Gasteiger partial charge in [-0.25, -0.2) is 0 Å². The molecule has 4 nitrogen and oxygen atoms in total. The monoisotopic (exact) mass is 235 g/mol. The highest BCUT2D eigenvalue weighted by atomic mass is 16.1. The summed E-state index contributed by atoms with van der Waals surface area (Å²) in [6, 6.07) is 9.76. The molecule has 0 aromatic heterocycles. The second-order valence-corrected chi connectivity index (χ2v) is 4.05. The normalized spacial score (nSPS) is 12.1. The van der Waals surface area contributed by atoms with Crippen molar-refractivity contribution in [3.05, 3.63) is 35.9 Å². The second kappa shape index (κ2) is 7.81. The van der Waals surface area contributed by atoms with Gasteiger partial charge in [0.05, 0.1) is 0 Å². The van der Waals surface area contributed by atoms with Crippen LogP contribution in [0.4, 0.5) is 0 Å². The van der Waals surface area contributed by atoms with Gasteiger partial charge in [0.1, 0.15) is 0 Å². The summed E-state index contributed by atoms with van der Waals surface area (Å²) in [7, 11) is 0. The molecule has 1 unspecified atom stereocenters. The fraction of sp³-hybridized carbons (Fsp3) is 0.462.